The van der Waals surface area contributed by atoms with Crippen molar-refractivity contribution in [1.82, 2.24) is 9.62 Å². The molecule has 0 bridgehead atoms. The average molecular weight is 425 g/mol. The van der Waals surface area contributed by atoms with Gasteiger partial charge >= 0.3 is 0 Å². The summed E-state index contributed by atoms with van der Waals surface area (Å²) >= 11 is 5.83. The highest BCUT2D eigenvalue weighted by Gasteiger charge is 2.40. The van der Waals surface area contributed by atoms with Crippen molar-refractivity contribution in [3.8, 4) is 0 Å². The Morgan fingerprint density at radius 2 is 1.68 bits per heavy atom. The van der Waals surface area contributed by atoms with Gasteiger partial charge < -0.3 is 5.32 Å². The molecule has 0 radical (unpaired) electrons. The molecule has 0 aromatic heterocycles. The van der Waals surface area contributed by atoms with E-state index in [1.807, 2.05) is 6.92 Å². The van der Waals surface area contributed by atoms with Gasteiger partial charge in [-0.1, -0.05) is 30.7 Å². The van der Waals surface area contributed by atoms with Crippen molar-refractivity contribution in [2.45, 2.75) is 31.2 Å². The third kappa shape index (κ3) is 4.54. The highest BCUT2D eigenvalue weighted by Crippen LogP contribution is 2.33. The molecular weight excluding hydrogens is 403 g/mol. The fourth-order valence-corrected chi connectivity index (χ4v) is 4.77. The molecule has 5 nitrogen and oxygen atoms in total. The average Bonchev–Trinajstić information content (AvgIpc) is 2.68. The van der Waals surface area contributed by atoms with Gasteiger partial charge in [-0.15, -0.1) is 0 Å². The number of carbonyl (C=O) groups is 1. The summed E-state index contributed by atoms with van der Waals surface area (Å²) in [5, 5.41) is 3.35. The number of benzene rings is 2. The minimum atomic E-state index is -3.61. The Bertz CT molecular complexity index is 938. The number of nitrogens with one attached hydrogen (secondary N) is 1. The zero-order chi connectivity index (χ0) is 20.4. The van der Waals surface area contributed by atoms with Crippen molar-refractivity contribution in [3.05, 3.63) is 64.9 Å². The largest absolute Gasteiger partial charge is 0.352 e. The summed E-state index contributed by atoms with van der Waals surface area (Å²) in [5.74, 6) is -0.448. The second kappa shape index (κ2) is 8.19. The third-order valence-electron chi connectivity index (χ3n) is 5.19. The van der Waals surface area contributed by atoms with E-state index in [1.54, 1.807) is 24.3 Å². The van der Waals surface area contributed by atoms with E-state index < -0.39 is 15.4 Å². The number of rotatable bonds is 5. The van der Waals surface area contributed by atoms with Crippen LogP contribution in [0.3, 0.4) is 0 Å². The summed E-state index contributed by atoms with van der Waals surface area (Å²) < 4.78 is 39.9. The van der Waals surface area contributed by atoms with Gasteiger partial charge in [0.05, 0.1) is 4.90 Å². The predicted molar refractivity (Wildman–Crippen MR) is 106 cm³/mol. The Hall–Kier alpha value is -1.96. The summed E-state index contributed by atoms with van der Waals surface area (Å²) in [6.07, 6.45) is 0.851. The maximum atomic E-state index is 13.0. The number of carbonyl (C=O) groups excluding carboxylic acids is 1. The topological polar surface area (TPSA) is 66.5 Å². The molecule has 3 rings (SSSR count). The molecule has 150 valence electrons. The quantitative estimate of drug-likeness (QED) is 0.797. The Morgan fingerprint density at radius 3 is 2.25 bits per heavy atom. The molecule has 0 spiro atoms. The fourth-order valence-electron chi connectivity index (χ4n) is 3.20. The van der Waals surface area contributed by atoms with E-state index >= 15 is 0 Å². The van der Waals surface area contributed by atoms with Crippen molar-refractivity contribution in [1.29, 1.82) is 0 Å². The van der Waals surface area contributed by atoms with E-state index in [2.05, 4.69) is 5.32 Å². The lowest BCUT2D eigenvalue weighted by atomic mass is 9.80. The summed E-state index contributed by atoms with van der Waals surface area (Å²) in [5.41, 5.74) is 0.160. The van der Waals surface area contributed by atoms with Crippen LogP contribution in [-0.4, -0.2) is 31.7 Å². The van der Waals surface area contributed by atoms with E-state index in [9.17, 15) is 17.6 Å². The molecule has 8 heteroatoms. The fraction of sp³-hybridized carbons (Fsp3) is 0.350. The monoisotopic (exact) mass is 424 g/mol. The van der Waals surface area contributed by atoms with E-state index in [0.717, 1.165) is 5.56 Å². The van der Waals surface area contributed by atoms with Crippen LogP contribution in [0.1, 0.15) is 25.3 Å². The van der Waals surface area contributed by atoms with E-state index in [1.165, 1.54) is 28.6 Å². The molecule has 1 saturated heterocycles. The lowest BCUT2D eigenvalue weighted by Crippen LogP contribution is -2.48. The van der Waals surface area contributed by atoms with Crippen LogP contribution in [0.4, 0.5) is 4.39 Å². The highest BCUT2D eigenvalue weighted by molar-refractivity contribution is 7.89. The van der Waals surface area contributed by atoms with Crippen molar-refractivity contribution in [2.24, 2.45) is 5.41 Å². The first-order valence-corrected chi connectivity index (χ1v) is 10.8. The molecule has 2 aromatic rings. The number of hydrogen-bond donors (Lipinski definition) is 1. The van der Waals surface area contributed by atoms with Crippen LogP contribution in [0.5, 0.6) is 0 Å². The third-order valence-corrected chi connectivity index (χ3v) is 7.36. The number of piperidine rings is 1. The second-order valence-electron chi connectivity index (χ2n) is 7.23. The maximum Gasteiger partial charge on any atom is 0.243 e. The molecule has 1 amide bonds. The van der Waals surface area contributed by atoms with Gasteiger partial charge in [0, 0.05) is 30.1 Å². The van der Waals surface area contributed by atoms with Gasteiger partial charge in [-0.3, -0.25) is 4.79 Å². The van der Waals surface area contributed by atoms with E-state index in [0.29, 0.717) is 24.4 Å². The smallest absolute Gasteiger partial charge is 0.243 e. The van der Waals surface area contributed by atoms with Gasteiger partial charge in [-0.2, -0.15) is 4.31 Å². The summed E-state index contributed by atoms with van der Waals surface area (Å²) in [6.45, 7) is 2.69. The van der Waals surface area contributed by atoms with Crippen LogP contribution in [0, 0.1) is 11.2 Å². The first kappa shape index (κ1) is 20.8. The Morgan fingerprint density at radius 1 is 1.11 bits per heavy atom. The minimum absolute atomic E-state index is 0.125. The second-order valence-corrected chi connectivity index (χ2v) is 9.60. The number of nitrogens with zero attached hydrogens (tertiary/aromatic N) is 1. The number of halogens is 2. The van der Waals surface area contributed by atoms with Gasteiger partial charge in [0.25, 0.3) is 0 Å². The number of hydrogen-bond acceptors (Lipinski definition) is 3. The molecule has 1 heterocycles. The van der Waals surface area contributed by atoms with Crippen molar-refractivity contribution >= 4 is 27.5 Å². The predicted octanol–water partition coefficient (Wildman–Crippen LogP) is 3.59. The molecule has 28 heavy (non-hydrogen) atoms. The van der Waals surface area contributed by atoms with Gasteiger partial charge in [0.2, 0.25) is 15.9 Å². The van der Waals surface area contributed by atoms with Crippen LogP contribution in [0.2, 0.25) is 5.02 Å². The molecule has 1 aliphatic heterocycles. The zero-order valence-electron chi connectivity index (χ0n) is 15.5. The number of sulfonamides is 1. The van der Waals surface area contributed by atoms with Gasteiger partial charge in [-0.05, 0) is 54.8 Å². The van der Waals surface area contributed by atoms with E-state index in [4.69, 9.17) is 11.6 Å². The lowest BCUT2D eigenvalue weighted by Gasteiger charge is -2.37. The van der Waals surface area contributed by atoms with Gasteiger partial charge in [0.15, 0.2) is 0 Å². The van der Waals surface area contributed by atoms with Crippen LogP contribution in [0.15, 0.2) is 53.4 Å². The van der Waals surface area contributed by atoms with Gasteiger partial charge in [0.1, 0.15) is 5.82 Å². The molecule has 1 fully saturated rings. The molecule has 0 saturated carbocycles. The molecule has 1 aliphatic rings. The normalized spacial score (nSPS) is 17.2. The molecule has 0 aliphatic carbocycles. The lowest BCUT2D eigenvalue weighted by molar-refractivity contribution is -0.132. The van der Waals surface area contributed by atoms with Crippen LogP contribution in [-0.2, 0) is 21.4 Å². The van der Waals surface area contributed by atoms with Crippen molar-refractivity contribution in [2.75, 3.05) is 13.1 Å². The van der Waals surface area contributed by atoms with Crippen molar-refractivity contribution in [3.63, 3.8) is 0 Å². The molecule has 0 atom stereocenters. The molecule has 0 unspecified atom stereocenters. The molecular formula is C20H22ClFN2O3S. The SMILES string of the molecule is CC1(C(=O)NCc2ccc(F)cc2)CCN(S(=O)(=O)c2ccc(Cl)cc2)CC1. The minimum Gasteiger partial charge on any atom is -0.352 e. The standard InChI is InChI=1S/C20H22ClFN2O3S/c1-20(19(25)23-14-15-2-6-17(22)7-3-15)10-12-24(13-11-20)28(26,27)18-8-4-16(21)5-9-18/h2-9H,10-14H2,1H3,(H,23,25). The Balaban J connectivity index is 1.60. The Kier molecular flexibility index (Phi) is 6.07. The molecule has 1 N–H and O–H groups in total. The van der Waals surface area contributed by atoms with Crippen molar-refractivity contribution < 1.29 is 17.6 Å². The van der Waals surface area contributed by atoms with Crippen LogP contribution < -0.4 is 5.32 Å². The summed E-state index contributed by atoms with van der Waals surface area (Å²) in [7, 11) is -3.61. The Labute approximate surface area is 169 Å². The van der Waals surface area contributed by atoms with Gasteiger partial charge in [-0.25, -0.2) is 12.8 Å². The highest BCUT2D eigenvalue weighted by atomic mass is 35.5. The number of amides is 1. The summed E-state index contributed by atoms with van der Waals surface area (Å²) in [6, 6.07) is 12.0. The summed E-state index contributed by atoms with van der Waals surface area (Å²) in [4.78, 5) is 12.9. The zero-order valence-corrected chi connectivity index (χ0v) is 17.1. The van der Waals surface area contributed by atoms with Crippen LogP contribution in [0.25, 0.3) is 0 Å². The molecule has 2 aromatic carbocycles. The van der Waals surface area contributed by atoms with E-state index in [-0.39, 0.29) is 29.7 Å². The first-order valence-electron chi connectivity index (χ1n) is 8.99. The van der Waals surface area contributed by atoms with Crippen LogP contribution >= 0.6 is 11.6 Å². The first-order chi connectivity index (χ1) is 13.2. The maximum absolute atomic E-state index is 13.0.